The molecule has 0 bridgehead atoms. The van der Waals surface area contributed by atoms with Crippen LogP contribution >= 0.6 is 0 Å². The summed E-state index contributed by atoms with van der Waals surface area (Å²) in [7, 11) is -0.447. The van der Waals surface area contributed by atoms with Gasteiger partial charge < -0.3 is 24.8 Å². The van der Waals surface area contributed by atoms with Gasteiger partial charge in [-0.2, -0.15) is 0 Å². The SMILES string of the molecule is CC[Si](=CC(C)(C)c1ccc(-c2[cH-]c3ccccc3c2C2C(c3ccc(C(C)(C)C)cc3C)=Cc3ccccc32)c(C2CC2)c1)CC.[Cl-].[Cl-].[Zr+3]. The van der Waals surface area contributed by atoms with E-state index in [2.05, 4.69) is 158 Å². The Hall–Kier alpha value is -2.22. The number of halogens is 2. The van der Waals surface area contributed by atoms with Crippen LogP contribution in [0.25, 0.3) is 33.5 Å². The summed E-state index contributed by atoms with van der Waals surface area (Å²) in [6.07, 6.45) is 5.08. The molecule has 7 rings (SSSR count). The summed E-state index contributed by atoms with van der Waals surface area (Å²) in [6, 6.07) is 38.1. The molecule has 1 radical (unpaired) electrons. The van der Waals surface area contributed by atoms with Crippen LogP contribution in [0.5, 0.6) is 0 Å². The van der Waals surface area contributed by atoms with Gasteiger partial charge in [0.05, 0.1) is 0 Å². The first-order chi connectivity index (χ1) is 22.5. The fourth-order valence-electron chi connectivity index (χ4n) is 8.09. The van der Waals surface area contributed by atoms with E-state index in [9.17, 15) is 0 Å². The molecular weight excluding hydrogens is 743 g/mol. The van der Waals surface area contributed by atoms with Gasteiger partial charge in [0.25, 0.3) is 0 Å². The number of benzene rings is 4. The molecule has 0 spiro atoms. The van der Waals surface area contributed by atoms with Crippen molar-refractivity contribution in [3.8, 4) is 11.1 Å². The predicted octanol–water partition coefficient (Wildman–Crippen LogP) is 6.60. The molecule has 5 aromatic carbocycles. The molecule has 1 saturated carbocycles. The summed E-state index contributed by atoms with van der Waals surface area (Å²) in [5.41, 5.74) is 18.6. The predicted molar refractivity (Wildman–Crippen MR) is 209 cm³/mol. The van der Waals surface area contributed by atoms with Crippen molar-refractivity contribution in [3.05, 3.63) is 136 Å². The van der Waals surface area contributed by atoms with Crippen molar-refractivity contribution in [1.82, 2.24) is 0 Å². The Kier molecular flexibility index (Phi) is 12.8. The van der Waals surface area contributed by atoms with Gasteiger partial charge in [-0.3, -0.25) is 0 Å². The van der Waals surface area contributed by atoms with Crippen molar-refractivity contribution in [3.63, 3.8) is 0 Å². The Bertz CT molecular complexity index is 2040. The third-order valence-electron chi connectivity index (χ3n) is 11.0. The Morgan fingerprint density at radius 1 is 0.760 bits per heavy atom. The molecule has 50 heavy (non-hydrogen) atoms. The number of hydrogen-bond donors (Lipinski definition) is 0. The molecule has 1 atom stereocenters. The average Bonchev–Trinajstić information content (AvgIpc) is 3.74. The molecule has 0 amide bonds. The van der Waals surface area contributed by atoms with Crippen molar-refractivity contribution in [1.29, 1.82) is 0 Å². The number of fused-ring (bicyclic) bond motifs is 2. The fraction of sp³-hybridized carbons (Fsp3) is 0.348. The van der Waals surface area contributed by atoms with Crippen molar-refractivity contribution in [2.45, 2.75) is 103 Å². The third-order valence-corrected chi connectivity index (χ3v) is 14.0. The molecule has 257 valence electrons. The first-order valence-electron chi connectivity index (χ1n) is 18.0. The molecule has 2 aliphatic rings. The number of hydrogen-bond acceptors (Lipinski definition) is 0. The first-order valence-corrected chi connectivity index (χ1v) is 19.9. The van der Waals surface area contributed by atoms with E-state index in [1.807, 2.05) is 0 Å². The molecule has 0 saturated heterocycles. The summed E-state index contributed by atoms with van der Waals surface area (Å²) in [6.45, 7) is 18.9. The topological polar surface area (TPSA) is 0 Å². The molecule has 1 unspecified atom stereocenters. The number of rotatable bonds is 8. The minimum absolute atomic E-state index is 0. The smallest absolute Gasteiger partial charge is 1.00 e. The summed E-state index contributed by atoms with van der Waals surface area (Å²) >= 11 is 0. The van der Waals surface area contributed by atoms with E-state index in [1.165, 1.54) is 91.3 Å². The van der Waals surface area contributed by atoms with Crippen molar-refractivity contribution >= 4 is 36.5 Å². The van der Waals surface area contributed by atoms with Crippen LogP contribution in [0.3, 0.4) is 0 Å². The molecule has 5 aromatic rings. The van der Waals surface area contributed by atoms with E-state index in [0.717, 1.165) is 0 Å². The zero-order valence-corrected chi connectivity index (χ0v) is 36.0. The maximum Gasteiger partial charge on any atom is 3.00 e. The second kappa shape index (κ2) is 15.8. The standard InChI is InChI=1S/C46H51Si.2ClH.Zr/c1-9-47(10-2)29-46(7,8)35-22-24-39(40(28-35)31-19-20-31)42-27-33-16-12-14-18-38(33)44(42)43-37-17-13-11-15-32(37)26-41(43)36-23-21-34(25-30(36)3)45(4,5)6;;;/h11-18,21-29,31,43H,9-10,19-20H2,1-8H3;2*1H;/q-1;;;+3/p-2. The fourth-order valence-corrected chi connectivity index (χ4v) is 10.2. The zero-order valence-electron chi connectivity index (χ0n) is 31.1. The quantitative estimate of drug-likeness (QED) is 0.123. The van der Waals surface area contributed by atoms with Gasteiger partial charge in [0.15, 0.2) is 0 Å². The minimum Gasteiger partial charge on any atom is -1.00 e. The van der Waals surface area contributed by atoms with Crippen molar-refractivity contribution in [2.75, 3.05) is 0 Å². The Morgan fingerprint density at radius 2 is 1.40 bits per heavy atom. The zero-order chi connectivity index (χ0) is 33.1. The molecule has 4 heteroatoms. The van der Waals surface area contributed by atoms with Crippen LogP contribution in [0.1, 0.15) is 118 Å². The van der Waals surface area contributed by atoms with Crippen LogP contribution in [0, 0.1) is 6.92 Å². The summed E-state index contributed by atoms with van der Waals surface area (Å²) in [5.74, 6) is 0.836. The Balaban J connectivity index is 0.00000187. The molecule has 0 aromatic heterocycles. The molecular formula is C46H51Cl2SiZr. The molecule has 0 nitrogen and oxygen atoms in total. The molecule has 2 aliphatic carbocycles. The van der Waals surface area contributed by atoms with Gasteiger partial charge in [-0.1, -0.05) is 150 Å². The average molecular weight is 794 g/mol. The largest absolute Gasteiger partial charge is 3.00 e. The van der Waals surface area contributed by atoms with Crippen molar-refractivity contribution < 1.29 is 51.0 Å². The van der Waals surface area contributed by atoms with Crippen molar-refractivity contribution in [2.24, 2.45) is 0 Å². The van der Waals surface area contributed by atoms with Gasteiger partial charge in [-0.05, 0) is 82.1 Å². The van der Waals surface area contributed by atoms with E-state index in [0.29, 0.717) is 5.92 Å². The van der Waals surface area contributed by atoms with Crippen LogP contribution in [0.4, 0.5) is 0 Å². The van der Waals surface area contributed by atoms with E-state index >= 15 is 0 Å². The van der Waals surface area contributed by atoms with Gasteiger partial charge >= 0.3 is 26.2 Å². The van der Waals surface area contributed by atoms with Gasteiger partial charge in [-0.15, -0.1) is 34.0 Å². The molecule has 0 N–H and O–H groups in total. The van der Waals surface area contributed by atoms with E-state index < -0.39 is 8.41 Å². The van der Waals surface area contributed by atoms with E-state index in [1.54, 1.807) is 5.56 Å². The van der Waals surface area contributed by atoms with Crippen LogP contribution in [-0.2, 0) is 37.0 Å². The second-order valence-electron chi connectivity index (χ2n) is 15.8. The first kappa shape index (κ1) is 40.5. The second-order valence-corrected chi connectivity index (χ2v) is 18.8. The monoisotopic (exact) mass is 791 g/mol. The Labute approximate surface area is 334 Å². The summed E-state index contributed by atoms with van der Waals surface area (Å²) in [5, 5.41) is 2.73. The molecule has 0 heterocycles. The van der Waals surface area contributed by atoms with Crippen LogP contribution < -0.4 is 24.8 Å². The maximum absolute atomic E-state index is 2.71. The van der Waals surface area contributed by atoms with Gasteiger partial charge in [0, 0.05) is 19.7 Å². The van der Waals surface area contributed by atoms with Crippen LogP contribution in [0.2, 0.25) is 12.1 Å². The van der Waals surface area contributed by atoms with E-state index in [4.69, 9.17) is 0 Å². The molecule has 0 aliphatic heterocycles. The van der Waals surface area contributed by atoms with Crippen LogP contribution in [0.15, 0.2) is 91.0 Å². The number of aryl methyl sites for hydroxylation is 1. The normalized spacial score (nSPS) is 15.4. The van der Waals surface area contributed by atoms with Gasteiger partial charge in [-0.25, -0.2) is 0 Å². The Morgan fingerprint density at radius 3 is 2.06 bits per heavy atom. The van der Waals surface area contributed by atoms with E-state index in [-0.39, 0.29) is 67.8 Å². The number of allylic oxidation sites excluding steroid dienone is 1. The van der Waals surface area contributed by atoms with Gasteiger partial charge in [0.1, 0.15) is 0 Å². The summed E-state index contributed by atoms with van der Waals surface area (Å²) in [4.78, 5) is 0. The maximum atomic E-state index is 2.71. The van der Waals surface area contributed by atoms with Gasteiger partial charge in [0.2, 0.25) is 0 Å². The minimum atomic E-state index is -0.447. The molecule has 1 fully saturated rings. The summed E-state index contributed by atoms with van der Waals surface area (Å²) < 4.78 is 0. The van der Waals surface area contributed by atoms with Crippen LogP contribution in [-0.4, -0.2) is 14.1 Å². The third kappa shape index (κ3) is 7.62.